The quantitative estimate of drug-likeness (QED) is 0.458. The van der Waals surface area contributed by atoms with Crippen molar-refractivity contribution in [2.45, 2.75) is 25.8 Å². The summed E-state index contributed by atoms with van der Waals surface area (Å²) in [5.74, 6) is 0. The molecule has 0 aliphatic heterocycles. The highest BCUT2D eigenvalue weighted by molar-refractivity contribution is 9.10. The average Bonchev–Trinajstić information content (AvgIpc) is 2.27. The van der Waals surface area contributed by atoms with Crippen LogP contribution in [0.15, 0.2) is 21.7 Å². The molecule has 1 saturated carbocycles. The lowest BCUT2D eigenvalue weighted by Crippen LogP contribution is -2.36. The summed E-state index contributed by atoms with van der Waals surface area (Å²) in [6.45, 7) is 0.692. The minimum Gasteiger partial charge on any atom is -0.346 e. The second-order valence-electron chi connectivity index (χ2n) is 4.74. The first-order valence-corrected chi connectivity index (χ1v) is 7.49. The van der Waals surface area contributed by atoms with Crippen molar-refractivity contribution in [2.24, 2.45) is 5.41 Å². The van der Waals surface area contributed by atoms with Crippen molar-refractivity contribution in [2.75, 3.05) is 5.33 Å². The van der Waals surface area contributed by atoms with E-state index in [1.165, 1.54) is 12.6 Å². The molecule has 1 heterocycles. The summed E-state index contributed by atoms with van der Waals surface area (Å²) < 4.78 is 1.98. The Balaban J connectivity index is 2.34. The van der Waals surface area contributed by atoms with Gasteiger partial charge in [-0.1, -0.05) is 22.4 Å². The van der Waals surface area contributed by atoms with Crippen LogP contribution < -0.4 is 5.43 Å². The minimum atomic E-state index is -0.634. The monoisotopic (exact) mass is 378 g/mol. The molecule has 0 amide bonds. The molecule has 0 bridgehead atoms. The van der Waals surface area contributed by atoms with E-state index in [4.69, 9.17) is 0 Å². The van der Waals surface area contributed by atoms with Gasteiger partial charge in [0.1, 0.15) is 0 Å². The maximum atomic E-state index is 11.6. The summed E-state index contributed by atoms with van der Waals surface area (Å²) in [6, 6.07) is 0. The van der Waals surface area contributed by atoms with Crippen LogP contribution in [0.2, 0.25) is 0 Å². The molecule has 1 aromatic heterocycles. The van der Waals surface area contributed by atoms with Gasteiger partial charge in [-0.25, -0.2) is 0 Å². The Morgan fingerprint density at radius 2 is 2.11 bits per heavy atom. The fraction of sp³-hybridized carbons (Fsp3) is 0.545. The Bertz CT molecular complexity index is 532. The van der Waals surface area contributed by atoms with E-state index in [1.807, 2.05) is 0 Å². The van der Waals surface area contributed by atoms with E-state index in [9.17, 15) is 14.9 Å². The molecule has 1 fully saturated rings. The van der Waals surface area contributed by atoms with E-state index < -0.39 is 10.4 Å². The number of hydrogen-bond donors (Lipinski definition) is 0. The van der Waals surface area contributed by atoms with E-state index in [1.54, 1.807) is 10.8 Å². The van der Waals surface area contributed by atoms with Crippen LogP contribution in [0.25, 0.3) is 0 Å². The Kier molecular flexibility index (Phi) is 3.91. The molecular weight excluding hydrogens is 368 g/mol. The molecule has 0 N–H and O–H groups in total. The number of aromatic nitrogens is 1. The lowest BCUT2D eigenvalue weighted by atomic mass is 9.70. The van der Waals surface area contributed by atoms with Crippen molar-refractivity contribution in [3.63, 3.8) is 0 Å². The molecule has 1 aromatic rings. The molecule has 0 radical (unpaired) electrons. The Hall–Kier alpha value is -0.690. The maximum absolute atomic E-state index is 11.6. The van der Waals surface area contributed by atoms with Crippen LogP contribution in [0.1, 0.15) is 19.3 Å². The summed E-state index contributed by atoms with van der Waals surface area (Å²) in [7, 11) is 0. The second kappa shape index (κ2) is 5.13. The summed E-state index contributed by atoms with van der Waals surface area (Å²) in [5, 5.41) is 11.7. The molecule has 1 aliphatic carbocycles. The van der Waals surface area contributed by atoms with Gasteiger partial charge in [0.25, 0.3) is 5.43 Å². The van der Waals surface area contributed by atoms with Crippen molar-refractivity contribution in [1.29, 1.82) is 0 Å². The van der Waals surface area contributed by atoms with Crippen LogP contribution >= 0.6 is 31.9 Å². The lowest BCUT2D eigenvalue weighted by molar-refractivity contribution is -0.386. The largest absolute Gasteiger partial charge is 0.346 e. The predicted molar refractivity (Wildman–Crippen MR) is 75.1 cm³/mol. The van der Waals surface area contributed by atoms with Crippen molar-refractivity contribution in [3.05, 3.63) is 37.2 Å². The van der Waals surface area contributed by atoms with Gasteiger partial charge in [-0.05, 0) is 34.2 Å². The lowest BCUT2D eigenvalue weighted by Gasteiger charge is -2.41. The molecule has 0 atom stereocenters. The standard InChI is InChI=1S/C11H12Br2N2O3/c12-6-11(2-1-3-11)7-14-4-8(13)10(16)9(5-14)15(17)18/h4-5H,1-3,6-7H2. The predicted octanol–water partition coefficient (Wildman–Crippen LogP) is 3.08. The zero-order valence-electron chi connectivity index (χ0n) is 9.57. The van der Waals surface area contributed by atoms with Gasteiger partial charge in [0, 0.05) is 18.1 Å². The zero-order valence-corrected chi connectivity index (χ0v) is 12.7. The first-order valence-electron chi connectivity index (χ1n) is 5.57. The Morgan fingerprint density at radius 3 is 2.56 bits per heavy atom. The molecule has 0 saturated heterocycles. The number of pyridine rings is 1. The number of alkyl halides is 1. The molecule has 1 aliphatic rings. The van der Waals surface area contributed by atoms with Gasteiger partial charge < -0.3 is 4.57 Å². The highest BCUT2D eigenvalue weighted by Gasteiger charge is 2.36. The van der Waals surface area contributed by atoms with Crippen LogP contribution in [-0.2, 0) is 6.54 Å². The Morgan fingerprint density at radius 1 is 1.44 bits per heavy atom. The summed E-state index contributed by atoms with van der Waals surface area (Å²) >= 11 is 6.59. The van der Waals surface area contributed by atoms with E-state index in [-0.39, 0.29) is 15.6 Å². The smallest absolute Gasteiger partial charge is 0.333 e. The van der Waals surface area contributed by atoms with Gasteiger partial charge in [-0.2, -0.15) is 0 Å². The summed E-state index contributed by atoms with van der Waals surface area (Å²) in [4.78, 5) is 21.7. The normalized spacial score (nSPS) is 17.2. The summed E-state index contributed by atoms with van der Waals surface area (Å²) in [5.41, 5.74) is -0.784. The van der Waals surface area contributed by atoms with Crippen molar-refractivity contribution in [3.8, 4) is 0 Å². The van der Waals surface area contributed by atoms with Crippen molar-refractivity contribution >= 4 is 37.5 Å². The fourth-order valence-corrected chi connectivity index (χ4v) is 3.40. The van der Waals surface area contributed by atoms with Crippen molar-refractivity contribution in [1.82, 2.24) is 4.57 Å². The van der Waals surface area contributed by atoms with E-state index in [2.05, 4.69) is 31.9 Å². The molecule has 0 aromatic carbocycles. The third-order valence-corrected chi connectivity index (χ3v) is 5.18. The van der Waals surface area contributed by atoms with Crippen LogP contribution in [0.4, 0.5) is 5.69 Å². The van der Waals surface area contributed by atoms with Crippen LogP contribution in [0, 0.1) is 15.5 Å². The van der Waals surface area contributed by atoms with Crippen LogP contribution in [0.5, 0.6) is 0 Å². The first kappa shape index (κ1) is 13.7. The molecular formula is C11H12Br2N2O3. The number of hydrogen-bond acceptors (Lipinski definition) is 3. The number of halogens is 2. The zero-order chi connectivity index (χ0) is 13.3. The highest BCUT2D eigenvalue weighted by Crippen LogP contribution is 2.43. The fourth-order valence-electron chi connectivity index (χ4n) is 2.20. The van der Waals surface area contributed by atoms with Crippen molar-refractivity contribution < 1.29 is 4.92 Å². The minimum absolute atomic E-state index is 0.169. The van der Waals surface area contributed by atoms with Gasteiger partial charge in [0.2, 0.25) is 0 Å². The number of rotatable bonds is 4. The molecule has 0 unspecified atom stereocenters. The molecule has 2 rings (SSSR count). The van der Waals surface area contributed by atoms with Gasteiger partial charge >= 0.3 is 5.69 Å². The molecule has 0 spiro atoms. The van der Waals surface area contributed by atoms with E-state index in [0.717, 1.165) is 18.2 Å². The molecule has 98 valence electrons. The highest BCUT2D eigenvalue weighted by atomic mass is 79.9. The van der Waals surface area contributed by atoms with Gasteiger partial charge in [-0.3, -0.25) is 14.9 Å². The van der Waals surface area contributed by atoms with E-state index >= 15 is 0 Å². The SMILES string of the molecule is O=c1c(Br)cn(CC2(CBr)CCC2)cc1[N+](=O)[O-]. The molecule has 7 heteroatoms. The van der Waals surface area contributed by atoms with Gasteiger partial charge in [0.15, 0.2) is 0 Å². The van der Waals surface area contributed by atoms with Crippen LogP contribution in [0.3, 0.4) is 0 Å². The number of nitro groups is 1. The molecule has 5 nitrogen and oxygen atoms in total. The second-order valence-corrected chi connectivity index (χ2v) is 6.15. The maximum Gasteiger partial charge on any atom is 0.333 e. The molecule has 18 heavy (non-hydrogen) atoms. The average molecular weight is 380 g/mol. The van der Waals surface area contributed by atoms with Gasteiger partial charge in [-0.15, -0.1) is 0 Å². The van der Waals surface area contributed by atoms with Crippen LogP contribution in [-0.4, -0.2) is 14.8 Å². The topological polar surface area (TPSA) is 65.1 Å². The first-order chi connectivity index (χ1) is 8.47. The number of nitrogens with zero attached hydrogens (tertiary/aromatic N) is 2. The van der Waals surface area contributed by atoms with Gasteiger partial charge in [0.05, 0.1) is 15.6 Å². The summed E-state index contributed by atoms with van der Waals surface area (Å²) in [6.07, 6.45) is 6.36. The third kappa shape index (κ3) is 2.51. The Labute approximate surface area is 121 Å². The third-order valence-electron chi connectivity index (χ3n) is 3.43. The van der Waals surface area contributed by atoms with E-state index in [0.29, 0.717) is 6.54 Å².